The average Bonchev–Trinajstić information content (AvgIpc) is 3.18. The van der Waals surface area contributed by atoms with Crippen LogP contribution in [0.4, 0.5) is 15.9 Å². The highest BCUT2D eigenvalue weighted by Gasteiger charge is 2.24. The van der Waals surface area contributed by atoms with Gasteiger partial charge in [-0.3, -0.25) is 14.9 Å². The second kappa shape index (κ2) is 9.05. The number of anilines is 2. The van der Waals surface area contributed by atoms with Crippen LogP contribution in [0.1, 0.15) is 15.2 Å². The minimum absolute atomic E-state index is 0.110. The van der Waals surface area contributed by atoms with Gasteiger partial charge in [-0.15, -0.1) is 0 Å². The van der Waals surface area contributed by atoms with Gasteiger partial charge < -0.3 is 15.2 Å². The molecule has 10 heteroatoms. The van der Waals surface area contributed by atoms with Crippen LogP contribution in [0.15, 0.2) is 60.7 Å². The summed E-state index contributed by atoms with van der Waals surface area (Å²) in [5.74, 6) is -4.86. The van der Waals surface area contributed by atoms with Gasteiger partial charge in [-0.2, -0.15) is 4.98 Å². The Balaban J connectivity index is 1.65. The molecule has 3 aromatic carbocycles. The minimum atomic E-state index is -1.75. The molecule has 4 rings (SSSR count). The van der Waals surface area contributed by atoms with Gasteiger partial charge in [-0.25, -0.2) is 9.18 Å². The molecule has 1 heterocycles. The van der Waals surface area contributed by atoms with Gasteiger partial charge in [0.2, 0.25) is 0 Å². The lowest BCUT2D eigenvalue weighted by Crippen LogP contribution is -2.23. The number of hydrogen-bond acceptors (Lipinski definition) is 6. The summed E-state index contributed by atoms with van der Waals surface area (Å²) in [6.07, 6.45) is 0. The molecule has 0 spiro atoms. The number of thiazole rings is 1. The van der Waals surface area contributed by atoms with E-state index in [1.165, 1.54) is 12.1 Å². The lowest BCUT2D eigenvalue weighted by atomic mass is 10.1. The van der Waals surface area contributed by atoms with Gasteiger partial charge in [-0.1, -0.05) is 47.7 Å². The van der Waals surface area contributed by atoms with Gasteiger partial charge in [0, 0.05) is 5.69 Å². The highest BCUT2D eigenvalue weighted by atomic mass is 32.1. The van der Waals surface area contributed by atoms with Crippen molar-refractivity contribution in [3.05, 3.63) is 76.9 Å². The zero-order valence-corrected chi connectivity index (χ0v) is 17.9. The van der Waals surface area contributed by atoms with Gasteiger partial charge >= 0.3 is 11.9 Å². The van der Waals surface area contributed by atoms with Crippen LogP contribution in [0.2, 0.25) is 0 Å². The minimum Gasteiger partial charge on any atom is -0.474 e. The fraction of sp³-hybridized carbons (Fsp3) is 0.0435. The molecule has 0 unspecified atom stereocenters. The third-order valence-electron chi connectivity index (χ3n) is 4.53. The summed E-state index contributed by atoms with van der Waals surface area (Å²) in [6.45, 7) is 1.75. The first-order valence-corrected chi connectivity index (χ1v) is 10.4. The molecular formula is C23H16FN3O5S. The molecule has 0 aliphatic rings. The topological polar surface area (TPSA) is 118 Å². The van der Waals surface area contributed by atoms with E-state index in [1.807, 2.05) is 30.3 Å². The van der Waals surface area contributed by atoms with Crippen LogP contribution in [0.3, 0.4) is 0 Å². The summed E-state index contributed by atoms with van der Waals surface area (Å²) in [5.41, 5.74) is 1.21. The van der Waals surface area contributed by atoms with Crippen LogP contribution in [-0.2, 0) is 9.59 Å². The normalized spacial score (nSPS) is 10.6. The number of nitrogens with one attached hydrogen (secondary N) is 2. The van der Waals surface area contributed by atoms with E-state index in [0.29, 0.717) is 5.69 Å². The molecular weight excluding hydrogens is 449 g/mol. The summed E-state index contributed by atoms with van der Waals surface area (Å²) < 4.78 is 19.5. The largest absolute Gasteiger partial charge is 0.474 e. The van der Waals surface area contributed by atoms with Gasteiger partial charge in [0.05, 0.1) is 0 Å². The Hall–Kier alpha value is -4.31. The van der Waals surface area contributed by atoms with E-state index in [1.54, 1.807) is 25.1 Å². The lowest BCUT2D eigenvalue weighted by molar-refractivity contribution is -0.147. The van der Waals surface area contributed by atoms with Crippen molar-refractivity contribution < 1.29 is 28.6 Å². The van der Waals surface area contributed by atoms with Crippen molar-refractivity contribution in [3.63, 3.8) is 0 Å². The number of benzene rings is 3. The molecule has 0 aliphatic carbocycles. The molecule has 0 bridgehead atoms. The van der Waals surface area contributed by atoms with Gasteiger partial charge in [-0.05, 0) is 47.5 Å². The summed E-state index contributed by atoms with van der Waals surface area (Å²) >= 11 is 0.734. The quantitative estimate of drug-likeness (QED) is 0.364. The van der Waals surface area contributed by atoms with E-state index in [-0.39, 0.29) is 21.6 Å². The predicted octanol–water partition coefficient (Wildman–Crippen LogP) is 4.81. The lowest BCUT2D eigenvalue weighted by Gasteiger charge is -2.06. The monoisotopic (exact) mass is 465 g/mol. The van der Waals surface area contributed by atoms with Gasteiger partial charge in [0.15, 0.2) is 17.4 Å². The molecule has 0 saturated carbocycles. The van der Waals surface area contributed by atoms with E-state index in [2.05, 4.69) is 15.6 Å². The van der Waals surface area contributed by atoms with Crippen molar-refractivity contribution >= 4 is 51.4 Å². The fourth-order valence-corrected chi connectivity index (χ4v) is 3.76. The molecule has 4 aromatic rings. The predicted molar refractivity (Wildman–Crippen MR) is 121 cm³/mol. The van der Waals surface area contributed by atoms with Gasteiger partial charge in [0.1, 0.15) is 4.88 Å². The van der Waals surface area contributed by atoms with Crippen LogP contribution < -0.4 is 15.4 Å². The van der Waals surface area contributed by atoms with E-state index in [9.17, 15) is 18.8 Å². The average molecular weight is 465 g/mol. The molecule has 33 heavy (non-hydrogen) atoms. The summed E-state index contributed by atoms with van der Waals surface area (Å²) in [5, 5.41) is 15.4. The SMILES string of the molecule is Cc1ccc(F)c(Oc2nc(NC(=O)C(=O)O)c(C(=O)Nc3ccc4ccccc4c3)s2)c1. The maximum absolute atomic E-state index is 14.1. The molecule has 166 valence electrons. The number of hydrogen-bond donors (Lipinski definition) is 3. The van der Waals surface area contributed by atoms with Gasteiger partial charge in [0.25, 0.3) is 11.1 Å². The zero-order valence-electron chi connectivity index (χ0n) is 17.1. The molecule has 0 radical (unpaired) electrons. The van der Waals surface area contributed by atoms with E-state index >= 15 is 0 Å². The number of rotatable bonds is 5. The van der Waals surface area contributed by atoms with Crippen molar-refractivity contribution in [2.45, 2.75) is 6.92 Å². The number of aryl methyl sites for hydroxylation is 1. The Morgan fingerprint density at radius 1 is 1.00 bits per heavy atom. The summed E-state index contributed by atoms with van der Waals surface area (Å²) in [7, 11) is 0. The molecule has 0 fully saturated rings. The number of aliphatic carboxylic acids is 1. The highest BCUT2D eigenvalue weighted by molar-refractivity contribution is 7.16. The fourth-order valence-electron chi connectivity index (χ4n) is 2.98. The van der Waals surface area contributed by atoms with Crippen LogP contribution in [0.25, 0.3) is 10.8 Å². The molecule has 0 aliphatic heterocycles. The van der Waals surface area contributed by atoms with Crippen molar-refractivity contribution in [2.75, 3.05) is 10.6 Å². The maximum Gasteiger partial charge on any atom is 0.394 e. The van der Waals surface area contributed by atoms with E-state index in [4.69, 9.17) is 9.84 Å². The maximum atomic E-state index is 14.1. The Morgan fingerprint density at radius 2 is 1.76 bits per heavy atom. The molecule has 3 N–H and O–H groups in total. The third kappa shape index (κ3) is 4.96. The molecule has 2 amide bonds. The number of halogens is 1. The van der Waals surface area contributed by atoms with Crippen LogP contribution in [-0.4, -0.2) is 27.9 Å². The number of ether oxygens (including phenoxy) is 1. The van der Waals surface area contributed by atoms with E-state index in [0.717, 1.165) is 27.7 Å². The zero-order chi connectivity index (χ0) is 23.5. The Kier molecular flexibility index (Phi) is 6.01. The molecule has 8 nitrogen and oxygen atoms in total. The molecule has 0 atom stereocenters. The smallest absolute Gasteiger partial charge is 0.394 e. The first-order chi connectivity index (χ1) is 15.8. The summed E-state index contributed by atoms with van der Waals surface area (Å²) in [4.78, 5) is 39.5. The first kappa shape index (κ1) is 21.9. The van der Waals surface area contributed by atoms with Crippen molar-refractivity contribution in [1.82, 2.24) is 4.98 Å². The number of aromatic nitrogens is 1. The number of carbonyl (C=O) groups excluding carboxylic acids is 2. The highest BCUT2D eigenvalue weighted by Crippen LogP contribution is 2.34. The first-order valence-electron chi connectivity index (χ1n) is 9.59. The van der Waals surface area contributed by atoms with Crippen molar-refractivity contribution in [1.29, 1.82) is 0 Å². The number of fused-ring (bicyclic) bond motifs is 1. The third-order valence-corrected chi connectivity index (χ3v) is 5.46. The van der Waals surface area contributed by atoms with E-state index < -0.39 is 23.6 Å². The number of carboxylic acids is 1. The number of nitrogens with zero attached hydrogens (tertiary/aromatic N) is 1. The molecule has 0 saturated heterocycles. The van der Waals surface area contributed by atoms with Crippen molar-refractivity contribution in [3.8, 4) is 10.9 Å². The van der Waals surface area contributed by atoms with Crippen LogP contribution in [0, 0.1) is 12.7 Å². The Bertz CT molecular complexity index is 1400. The standard InChI is InChI=1S/C23H16FN3O5S/c1-12-6-9-16(24)17(10-12)32-23-27-19(26-21(29)22(30)31)18(33-23)20(28)25-15-8-7-13-4-2-3-5-14(13)11-15/h2-11H,1H3,(H,25,28)(H,26,29)(H,30,31). The Morgan fingerprint density at radius 3 is 2.52 bits per heavy atom. The number of amides is 2. The number of carboxylic acid groups (broad SMARTS) is 1. The van der Waals surface area contributed by atoms with Crippen LogP contribution in [0.5, 0.6) is 10.9 Å². The molecule has 1 aromatic heterocycles. The summed E-state index contributed by atoms with van der Waals surface area (Å²) in [6, 6.07) is 17.1. The second-order valence-corrected chi connectivity index (χ2v) is 7.93. The second-order valence-electron chi connectivity index (χ2n) is 6.97. The Labute approximate surface area is 190 Å². The number of carbonyl (C=O) groups is 3. The van der Waals surface area contributed by atoms with Crippen LogP contribution >= 0.6 is 11.3 Å². The van der Waals surface area contributed by atoms with Crippen molar-refractivity contribution in [2.24, 2.45) is 0 Å².